The van der Waals surface area contributed by atoms with Crippen molar-refractivity contribution in [2.75, 3.05) is 13.7 Å². The fourth-order valence-electron chi connectivity index (χ4n) is 3.55. The highest BCUT2D eigenvalue weighted by Gasteiger charge is 2.51. The molecule has 0 saturated carbocycles. The lowest BCUT2D eigenvalue weighted by atomic mass is 9.98. The normalized spacial score (nSPS) is 25.7. The summed E-state index contributed by atoms with van der Waals surface area (Å²) in [4.78, 5) is 2.62. The van der Waals surface area contributed by atoms with Gasteiger partial charge in [0.1, 0.15) is 12.2 Å². The Morgan fingerprint density at radius 3 is 2.26 bits per heavy atom. The van der Waals surface area contributed by atoms with E-state index in [1.165, 1.54) is 0 Å². The first-order valence-electron chi connectivity index (χ1n) is 9.60. The molecule has 1 heterocycles. The molecule has 3 rings (SSSR count). The van der Waals surface area contributed by atoms with E-state index in [2.05, 4.69) is 18.4 Å². The summed E-state index contributed by atoms with van der Waals surface area (Å²) in [6.45, 7) is -0.546. The highest BCUT2D eigenvalue weighted by atomic mass is 32.3. The van der Waals surface area contributed by atoms with E-state index in [0.29, 0.717) is 5.56 Å². The van der Waals surface area contributed by atoms with Gasteiger partial charge in [-0.3, -0.25) is 9.11 Å². The number of hydrogen-bond donors (Lipinski definition) is 2. The predicted octanol–water partition coefficient (Wildman–Crippen LogP) is 1.78. The van der Waals surface area contributed by atoms with Crippen LogP contribution >= 0.6 is 0 Å². The maximum Gasteiger partial charge on any atom is 0.397 e. The second-order valence-corrected chi connectivity index (χ2v) is 9.22. The molecule has 0 amide bonds. The molecule has 1 fully saturated rings. The number of ether oxygens (including phenoxy) is 3. The Morgan fingerprint density at radius 1 is 1.00 bits per heavy atom. The quantitative estimate of drug-likeness (QED) is 0.200. The number of azide groups is 1. The van der Waals surface area contributed by atoms with E-state index in [-0.39, 0.29) is 6.61 Å². The molecule has 186 valence electrons. The monoisotopic (exact) mass is 519 g/mol. The molecule has 0 spiro atoms. The van der Waals surface area contributed by atoms with Crippen molar-refractivity contribution in [1.29, 1.82) is 0 Å². The summed E-state index contributed by atoms with van der Waals surface area (Å²) in [5, 5.41) is 5.24. The van der Waals surface area contributed by atoms with E-state index >= 15 is 0 Å². The van der Waals surface area contributed by atoms with Gasteiger partial charge in [0.2, 0.25) is 0 Å². The van der Waals surface area contributed by atoms with Crippen LogP contribution in [0.3, 0.4) is 0 Å². The Balaban J connectivity index is 1.96. The van der Waals surface area contributed by atoms with Crippen LogP contribution in [0.25, 0.3) is 21.2 Å². The third-order valence-electron chi connectivity index (χ3n) is 4.87. The highest BCUT2D eigenvalue weighted by molar-refractivity contribution is 7.81. The van der Waals surface area contributed by atoms with E-state index in [0.717, 1.165) is 17.9 Å². The lowest BCUT2D eigenvalue weighted by Crippen LogP contribution is -2.62. The molecule has 0 unspecified atom stereocenters. The average Bonchev–Trinajstić information content (AvgIpc) is 2.76. The summed E-state index contributed by atoms with van der Waals surface area (Å²) in [6, 6.07) is 12.9. The molecular weight excluding hydrogens is 498 g/mol. The molecule has 5 atom stereocenters. The molecule has 1 saturated heterocycles. The van der Waals surface area contributed by atoms with Crippen LogP contribution in [0.5, 0.6) is 0 Å². The number of fused-ring (bicyclic) bond motifs is 1. The molecule has 0 radical (unpaired) electrons. The van der Waals surface area contributed by atoms with Gasteiger partial charge in [-0.25, -0.2) is 8.37 Å². The van der Waals surface area contributed by atoms with Crippen molar-refractivity contribution in [3.8, 4) is 0 Å². The second kappa shape index (κ2) is 10.9. The smallest absolute Gasteiger partial charge is 0.368 e. The summed E-state index contributed by atoms with van der Waals surface area (Å²) in [7, 11) is -9.26. The number of benzene rings is 2. The third-order valence-corrected chi connectivity index (χ3v) is 5.80. The highest BCUT2D eigenvalue weighted by Crippen LogP contribution is 2.31. The summed E-state index contributed by atoms with van der Waals surface area (Å²) in [5.41, 5.74) is 9.34. The minimum atomic E-state index is -5.18. The van der Waals surface area contributed by atoms with Crippen LogP contribution in [0.2, 0.25) is 0 Å². The molecule has 1 aliphatic heterocycles. The minimum Gasteiger partial charge on any atom is -0.368 e. The van der Waals surface area contributed by atoms with E-state index in [1.54, 1.807) is 6.07 Å². The van der Waals surface area contributed by atoms with Gasteiger partial charge < -0.3 is 14.2 Å². The van der Waals surface area contributed by atoms with Crippen LogP contribution in [0, 0.1) is 0 Å². The maximum atomic E-state index is 11.5. The molecule has 16 heteroatoms. The summed E-state index contributed by atoms with van der Waals surface area (Å²) in [6.07, 6.45) is -8.11. The first-order chi connectivity index (χ1) is 16.0. The van der Waals surface area contributed by atoms with Crippen molar-refractivity contribution in [3.05, 3.63) is 58.5 Å². The first-order valence-corrected chi connectivity index (χ1v) is 12.3. The van der Waals surface area contributed by atoms with Gasteiger partial charge >= 0.3 is 20.8 Å². The van der Waals surface area contributed by atoms with Gasteiger partial charge in [-0.15, -0.1) is 0 Å². The van der Waals surface area contributed by atoms with Gasteiger partial charge in [-0.05, 0) is 27.9 Å². The second-order valence-electron chi connectivity index (χ2n) is 7.13. The molecule has 2 N–H and O–H groups in total. The summed E-state index contributed by atoms with van der Waals surface area (Å²) in [5.74, 6) is 0. The Morgan fingerprint density at radius 2 is 1.65 bits per heavy atom. The standard InChI is InChI=1S/C18H21N3O11S2/c1-28-18-17(32-34(25,26)27)16(31-33(22,23)24)15(14(30-18)9-20-21-19)29-10-11-6-7-12-4-2-3-5-13(12)8-11/h2-8,14-18H,9-10H2,1H3,(H,22,23,24)(H,25,26,27)/t14-,15-,16+,17+,18+/m1/s1. The molecular formula is C18H21N3O11S2. The zero-order chi connectivity index (χ0) is 24.9. The van der Waals surface area contributed by atoms with Crippen molar-refractivity contribution < 1.29 is 48.5 Å². The van der Waals surface area contributed by atoms with Gasteiger partial charge in [0.05, 0.1) is 19.3 Å². The summed E-state index contributed by atoms with van der Waals surface area (Å²) < 4.78 is 89.8. The van der Waals surface area contributed by atoms with Gasteiger partial charge in [-0.1, -0.05) is 41.5 Å². The maximum absolute atomic E-state index is 11.5. The lowest BCUT2D eigenvalue weighted by molar-refractivity contribution is -0.286. The van der Waals surface area contributed by atoms with E-state index in [9.17, 15) is 21.4 Å². The molecule has 0 aromatic heterocycles. The van der Waals surface area contributed by atoms with Crippen LogP contribution < -0.4 is 0 Å². The molecule has 2 aromatic rings. The topological polar surface area (TPSA) is 204 Å². The van der Waals surface area contributed by atoms with Crippen molar-refractivity contribution >= 4 is 31.6 Å². The SMILES string of the molecule is CO[C@H]1O[C@H](CN=[N+]=[N-])[C@@H](OCc2ccc3ccccc3c2)[C@H](OS(=O)(=O)O)[C@@H]1OS(=O)(=O)O. The zero-order valence-electron chi connectivity index (χ0n) is 17.6. The van der Waals surface area contributed by atoms with Crippen molar-refractivity contribution in [2.24, 2.45) is 5.11 Å². The van der Waals surface area contributed by atoms with Crippen molar-refractivity contribution in [2.45, 2.75) is 37.3 Å². The van der Waals surface area contributed by atoms with Gasteiger partial charge in [0.25, 0.3) is 0 Å². The minimum absolute atomic E-state index is 0.146. The van der Waals surface area contributed by atoms with Crippen LogP contribution in [-0.2, 0) is 50.0 Å². The average molecular weight is 520 g/mol. The van der Waals surface area contributed by atoms with Crippen LogP contribution in [-0.4, -0.2) is 70.3 Å². The van der Waals surface area contributed by atoms with Crippen LogP contribution in [0.4, 0.5) is 0 Å². The third kappa shape index (κ3) is 7.07. The lowest BCUT2D eigenvalue weighted by Gasteiger charge is -2.43. The van der Waals surface area contributed by atoms with Crippen molar-refractivity contribution in [3.63, 3.8) is 0 Å². The van der Waals surface area contributed by atoms with Crippen LogP contribution in [0.15, 0.2) is 47.6 Å². The van der Waals surface area contributed by atoms with E-state index < -0.39 is 58.0 Å². The predicted molar refractivity (Wildman–Crippen MR) is 115 cm³/mol. The summed E-state index contributed by atoms with van der Waals surface area (Å²) >= 11 is 0. The Bertz CT molecular complexity index is 1260. The first kappa shape index (κ1) is 26.2. The number of rotatable bonds is 10. The largest absolute Gasteiger partial charge is 0.397 e. The Hall–Kier alpha value is -2.37. The number of hydrogen-bond acceptors (Lipinski definition) is 10. The van der Waals surface area contributed by atoms with E-state index in [1.807, 2.05) is 36.4 Å². The molecule has 0 aliphatic carbocycles. The zero-order valence-corrected chi connectivity index (χ0v) is 19.2. The molecule has 1 aliphatic rings. The Kier molecular flexibility index (Phi) is 8.43. The molecule has 2 aromatic carbocycles. The number of nitrogens with zero attached hydrogens (tertiary/aromatic N) is 3. The molecule has 0 bridgehead atoms. The Labute approximate surface area is 194 Å². The van der Waals surface area contributed by atoms with E-state index in [4.69, 9.17) is 24.3 Å². The number of methoxy groups -OCH3 is 1. The fraction of sp³-hybridized carbons (Fsp3) is 0.444. The van der Waals surface area contributed by atoms with Gasteiger partial charge in [0.15, 0.2) is 12.4 Å². The molecule has 34 heavy (non-hydrogen) atoms. The van der Waals surface area contributed by atoms with Gasteiger partial charge in [-0.2, -0.15) is 16.8 Å². The van der Waals surface area contributed by atoms with Gasteiger partial charge in [0, 0.05) is 12.0 Å². The fourth-order valence-corrected chi connectivity index (χ4v) is 4.53. The molecule has 14 nitrogen and oxygen atoms in total. The van der Waals surface area contributed by atoms with Crippen LogP contribution in [0.1, 0.15) is 5.56 Å². The van der Waals surface area contributed by atoms with Crippen molar-refractivity contribution in [1.82, 2.24) is 0 Å².